The van der Waals surface area contributed by atoms with E-state index in [0.29, 0.717) is 26.9 Å². The average Bonchev–Trinajstić information content (AvgIpc) is 3.31. The number of aromatic nitrogens is 2. The lowest BCUT2D eigenvalue weighted by Crippen LogP contribution is -1.95. The highest BCUT2D eigenvalue weighted by Gasteiger charge is 2.23. The van der Waals surface area contributed by atoms with Crippen LogP contribution in [-0.4, -0.2) is 21.1 Å². The van der Waals surface area contributed by atoms with Crippen LogP contribution in [0, 0.1) is 35.3 Å². The van der Waals surface area contributed by atoms with Crippen molar-refractivity contribution >= 4 is 29.5 Å². The molecule has 0 saturated heterocycles. The molecule has 0 fully saturated rings. The monoisotopic (exact) mass is 531 g/mol. The number of nitrogens with zero attached hydrogens (tertiary/aromatic N) is 5. The van der Waals surface area contributed by atoms with Crippen LogP contribution in [0.2, 0.25) is 0 Å². The third kappa shape index (κ3) is 5.61. The van der Waals surface area contributed by atoms with Gasteiger partial charge in [-0.05, 0) is 43.3 Å². The van der Waals surface area contributed by atoms with Crippen molar-refractivity contribution in [2.75, 3.05) is 0 Å². The number of furan rings is 1. The first kappa shape index (κ1) is 25.6. The first-order valence-electron chi connectivity index (χ1n) is 11.9. The van der Waals surface area contributed by atoms with E-state index in [4.69, 9.17) is 4.42 Å². The van der Waals surface area contributed by atoms with E-state index in [0.717, 1.165) is 22.5 Å². The van der Waals surface area contributed by atoms with Crippen molar-refractivity contribution < 1.29 is 9.34 Å². The molecule has 0 atom stereocenters. The average molecular weight is 532 g/mol. The van der Waals surface area contributed by atoms with E-state index in [1.54, 1.807) is 6.07 Å². The molecule has 3 aromatic carbocycles. The predicted molar refractivity (Wildman–Crippen MR) is 150 cm³/mol. The van der Waals surface area contributed by atoms with E-state index < -0.39 is 4.92 Å². The third-order valence-electron chi connectivity index (χ3n) is 5.79. The Bertz CT molecular complexity index is 1720. The number of aliphatic imine (C=N–C) groups is 1. The standard InChI is InChI=1S/C30H21N5O3S/c1-19-15-20(2)34-30(33-19)39-26-14-13-24(35(36)37)16-23(26)18-32-29-25(17-31)27(21-9-5-3-6-10-21)28(38-29)22-11-7-4-8-12-22/h3-16,18H,1-2H3. The van der Waals surface area contributed by atoms with Gasteiger partial charge in [-0.25, -0.2) is 15.0 Å². The van der Waals surface area contributed by atoms with Crippen molar-refractivity contribution in [3.8, 4) is 28.5 Å². The number of nitro benzene ring substituents is 1. The number of nitro groups is 1. The van der Waals surface area contributed by atoms with Crippen molar-refractivity contribution in [2.24, 2.45) is 4.99 Å². The Morgan fingerprint density at radius 1 is 0.949 bits per heavy atom. The first-order valence-corrected chi connectivity index (χ1v) is 12.7. The van der Waals surface area contributed by atoms with Crippen LogP contribution in [-0.2, 0) is 0 Å². The molecule has 0 aliphatic carbocycles. The molecule has 190 valence electrons. The van der Waals surface area contributed by atoms with Crippen molar-refractivity contribution in [3.63, 3.8) is 0 Å². The van der Waals surface area contributed by atoms with Gasteiger partial charge in [0, 0.05) is 51.3 Å². The van der Waals surface area contributed by atoms with E-state index >= 15 is 0 Å². The lowest BCUT2D eigenvalue weighted by Gasteiger charge is -2.06. The Morgan fingerprint density at radius 2 is 1.59 bits per heavy atom. The van der Waals surface area contributed by atoms with Crippen molar-refractivity contribution in [2.45, 2.75) is 23.9 Å². The van der Waals surface area contributed by atoms with Gasteiger partial charge in [-0.2, -0.15) is 5.26 Å². The molecular formula is C30H21N5O3S. The van der Waals surface area contributed by atoms with Gasteiger partial charge in [0.25, 0.3) is 5.69 Å². The van der Waals surface area contributed by atoms with Crippen LogP contribution in [0.5, 0.6) is 0 Å². The second kappa shape index (κ2) is 11.1. The summed E-state index contributed by atoms with van der Waals surface area (Å²) in [6.45, 7) is 3.76. The molecule has 9 heteroatoms. The molecule has 0 saturated carbocycles. The Hall–Kier alpha value is -5.07. The summed E-state index contributed by atoms with van der Waals surface area (Å²) in [4.78, 5) is 25.2. The maximum Gasteiger partial charge on any atom is 0.270 e. The van der Waals surface area contributed by atoms with Crippen LogP contribution >= 0.6 is 11.8 Å². The molecule has 2 aromatic heterocycles. The zero-order valence-electron chi connectivity index (χ0n) is 21.0. The van der Waals surface area contributed by atoms with E-state index in [1.807, 2.05) is 80.6 Å². The topological polar surface area (TPSA) is 118 Å². The molecule has 0 amide bonds. The molecule has 0 spiro atoms. The SMILES string of the molecule is Cc1cc(C)nc(Sc2ccc([N+](=O)[O-])cc2C=Nc2oc(-c3ccccc3)c(-c3ccccc3)c2C#N)n1. The maximum absolute atomic E-state index is 11.5. The summed E-state index contributed by atoms with van der Waals surface area (Å²) in [5.41, 5.74) is 4.54. The van der Waals surface area contributed by atoms with Gasteiger partial charge in [0.15, 0.2) is 5.16 Å². The number of hydrogen-bond donors (Lipinski definition) is 0. The Morgan fingerprint density at radius 3 is 2.21 bits per heavy atom. The number of nitriles is 1. The Labute approximate surface area is 228 Å². The molecule has 0 unspecified atom stereocenters. The molecule has 0 N–H and O–H groups in total. The molecule has 0 aliphatic heterocycles. The van der Waals surface area contributed by atoms with Gasteiger partial charge in [0.05, 0.1) is 4.92 Å². The second-order valence-corrected chi connectivity index (χ2v) is 9.61. The van der Waals surface area contributed by atoms with Crippen LogP contribution in [0.1, 0.15) is 22.5 Å². The summed E-state index contributed by atoms with van der Waals surface area (Å²) in [6, 6.07) is 27.6. The van der Waals surface area contributed by atoms with Crippen LogP contribution in [0.4, 0.5) is 11.6 Å². The fourth-order valence-electron chi connectivity index (χ4n) is 4.10. The van der Waals surface area contributed by atoms with E-state index in [2.05, 4.69) is 21.0 Å². The Kier molecular flexibility index (Phi) is 7.30. The largest absolute Gasteiger partial charge is 0.436 e. The van der Waals surface area contributed by atoms with Crippen LogP contribution in [0.25, 0.3) is 22.5 Å². The second-order valence-electron chi connectivity index (χ2n) is 8.60. The highest BCUT2D eigenvalue weighted by molar-refractivity contribution is 7.99. The van der Waals surface area contributed by atoms with E-state index in [1.165, 1.54) is 30.1 Å². The molecular weight excluding hydrogens is 510 g/mol. The summed E-state index contributed by atoms with van der Waals surface area (Å²) in [6.07, 6.45) is 1.47. The van der Waals surface area contributed by atoms with Crippen molar-refractivity contribution in [3.05, 3.63) is 118 Å². The number of benzene rings is 3. The van der Waals surface area contributed by atoms with E-state index in [-0.39, 0.29) is 17.1 Å². The minimum Gasteiger partial charge on any atom is -0.436 e. The zero-order valence-corrected chi connectivity index (χ0v) is 21.8. The summed E-state index contributed by atoms with van der Waals surface area (Å²) >= 11 is 1.28. The van der Waals surface area contributed by atoms with Crippen LogP contribution in [0.15, 0.2) is 104 Å². The molecule has 5 rings (SSSR count). The molecule has 0 aliphatic rings. The molecule has 5 aromatic rings. The molecule has 8 nitrogen and oxygen atoms in total. The predicted octanol–water partition coefficient (Wildman–Crippen LogP) is 7.70. The van der Waals surface area contributed by atoms with Crippen LogP contribution in [0.3, 0.4) is 0 Å². The van der Waals surface area contributed by atoms with Crippen LogP contribution < -0.4 is 0 Å². The lowest BCUT2D eigenvalue weighted by atomic mass is 9.98. The fourth-order valence-corrected chi connectivity index (χ4v) is 5.04. The summed E-state index contributed by atoms with van der Waals surface area (Å²) in [5.74, 6) is 0.628. The van der Waals surface area contributed by atoms with Gasteiger partial charge in [0.2, 0.25) is 5.88 Å². The van der Waals surface area contributed by atoms with E-state index in [9.17, 15) is 15.4 Å². The van der Waals surface area contributed by atoms with Gasteiger partial charge in [-0.1, -0.05) is 60.7 Å². The third-order valence-corrected chi connectivity index (χ3v) is 6.74. The summed E-state index contributed by atoms with van der Waals surface area (Å²) in [5, 5.41) is 22.2. The molecule has 0 radical (unpaired) electrons. The normalized spacial score (nSPS) is 11.0. The van der Waals surface area contributed by atoms with Gasteiger partial charge >= 0.3 is 0 Å². The molecule has 39 heavy (non-hydrogen) atoms. The number of non-ortho nitro benzene ring substituents is 1. The van der Waals surface area contributed by atoms with Gasteiger partial charge in [-0.3, -0.25) is 10.1 Å². The highest BCUT2D eigenvalue weighted by atomic mass is 32.2. The van der Waals surface area contributed by atoms with Gasteiger partial charge in [0.1, 0.15) is 17.4 Å². The number of aryl methyl sites for hydroxylation is 2. The quantitative estimate of drug-likeness (QED) is 0.0913. The van der Waals surface area contributed by atoms with Gasteiger partial charge < -0.3 is 4.42 Å². The zero-order chi connectivity index (χ0) is 27.4. The van der Waals surface area contributed by atoms with Crippen molar-refractivity contribution in [1.29, 1.82) is 5.26 Å². The highest BCUT2D eigenvalue weighted by Crippen LogP contribution is 2.42. The summed E-state index contributed by atoms with van der Waals surface area (Å²) < 4.78 is 6.18. The maximum atomic E-state index is 11.5. The number of hydrogen-bond acceptors (Lipinski definition) is 8. The molecule has 0 bridgehead atoms. The lowest BCUT2D eigenvalue weighted by molar-refractivity contribution is -0.384. The Balaban J connectivity index is 1.62. The van der Waals surface area contributed by atoms with Gasteiger partial charge in [-0.15, -0.1) is 0 Å². The summed E-state index contributed by atoms with van der Waals surface area (Å²) in [7, 11) is 0. The molecule has 2 heterocycles. The minimum atomic E-state index is -0.465. The minimum absolute atomic E-state index is 0.0861. The first-order chi connectivity index (χ1) is 18.9. The number of rotatable bonds is 7. The fraction of sp³-hybridized carbons (Fsp3) is 0.0667. The smallest absolute Gasteiger partial charge is 0.270 e. The van der Waals surface area contributed by atoms with Crippen molar-refractivity contribution in [1.82, 2.24) is 9.97 Å².